The van der Waals surface area contributed by atoms with Crippen molar-refractivity contribution in [2.24, 2.45) is 0 Å². The molecule has 16 heavy (non-hydrogen) atoms. The Balaban J connectivity index is 3.03. The van der Waals surface area contributed by atoms with Gasteiger partial charge in [0.2, 0.25) is 0 Å². The Hall–Kier alpha value is -1.55. The van der Waals surface area contributed by atoms with Crippen LogP contribution in [0.4, 0.5) is 0 Å². The van der Waals surface area contributed by atoms with Gasteiger partial charge in [-0.15, -0.1) is 0 Å². The van der Waals surface area contributed by atoms with Crippen molar-refractivity contribution in [3.63, 3.8) is 0 Å². The number of benzene rings is 1. The van der Waals surface area contributed by atoms with Crippen molar-refractivity contribution in [2.45, 2.75) is 26.4 Å². The van der Waals surface area contributed by atoms with Crippen molar-refractivity contribution in [3.05, 3.63) is 28.8 Å². The lowest BCUT2D eigenvalue weighted by atomic mass is 10.0. The summed E-state index contributed by atoms with van der Waals surface area (Å²) in [6.45, 7) is 3.89. The van der Waals surface area contributed by atoms with Crippen molar-refractivity contribution >= 4 is 5.97 Å². The van der Waals surface area contributed by atoms with E-state index in [0.29, 0.717) is 11.3 Å². The second kappa shape index (κ2) is 4.99. The lowest BCUT2D eigenvalue weighted by Gasteiger charge is -2.13. The first kappa shape index (κ1) is 12.5. The third-order valence-corrected chi connectivity index (χ3v) is 2.60. The zero-order valence-electron chi connectivity index (χ0n) is 9.65. The lowest BCUT2D eigenvalue weighted by molar-refractivity contribution is -0.146. The van der Waals surface area contributed by atoms with Gasteiger partial charge in [0.15, 0.2) is 6.10 Å². The van der Waals surface area contributed by atoms with Gasteiger partial charge >= 0.3 is 5.97 Å². The van der Waals surface area contributed by atoms with Crippen LogP contribution in [-0.4, -0.2) is 29.4 Å². The molecule has 1 aromatic carbocycles. The van der Waals surface area contributed by atoms with Crippen molar-refractivity contribution in [2.75, 3.05) is 7.11 Å². The molecule has 0 saturated heterocycles. The largest absolute Gasteiger partial charge is 0.496 e. The van der Waals surface area contributed by atoms with E-state index < -0.39 is 12.1 Å². The molecular formula is C12H16O4. The van der Waals surface area contributed by atoms with Gasteiger partial charge in [0.25, 0.3) is 0 Å². The number of carboxylic acids is 1. The van der Waals surface area contributed by atoms with Gasteiger partial charge in [-0.25, -0.2) is 4.79 Å². The topological polar surface area (TPSA) is 66.8 Å². The first-order valence-electron chi connectivity index (χ1n) is 5.00. The maximum Gasteiger partial charge on any atom is 0.332 e. The standard InChI is InChI=1S/C12H16O4/c1-7-4-9(6-10(13)12(14)15)11(16-3)5-8(7)2/h4-5,10,13H,6H2,1-3H3,(H,14,15). The number of ether oxygens (including phenoxy) is 1. The molecule has 4 heteroatoms. The number of rotatable bonds is 4. The van der Waals surface area contributed by atoms with Crippen LogP contribution in [0, 0.1) is 13.8 Å². The van der Waals surface area contributed by atoms with Crippen LogP contribution in [0.3, 0.4) is 0 Å². The van der Waals surface area contributed by atoms with Crippen molar-refractivity contribution in [1.29, 1.82) is 0 Å². The Morgan fingerprint density at radius 3 is 2.44 bits per heavy atom. The van der Waals surface area contributed by atoms with Gasteiger partial charge in [0.05, 0.1) is 7.11 Å². The smallest absolute Gasteiger partial charge is 0.332 e. The molecule has 0 amide bonds. The molecule has 1 aromatic rings. The van der Waals surface area contributed by atoms with Crippen molar-refractivity contribution in [1.82, 2.24) is 0 Å². The maximum atomic E-state index is 10.6. The monoisotopic (exact) mass is 224 g/mol. The minimum atomic E-state index is -1.39. The molecule has 0 bridgehead atoms. The molecule has 2 N–H and O–H groups in total. The van der Waals surface area contributed by atoms with E-state index in [0.717, 1.165) is 11.1 Å². The van der Waals surface area contributed by atoms with E-state index in [1.54, 1.807) is 0 Å². The summed E-state index contributed by atoms with van der Waals surface area (Å²) in [5.41, 5.74) is 2.83. The summed E-state index contributed by atoms with van der Waals surface area (Å²) in [4.78, 5) is 10.6. The SMILES string of the molecule is COc1cc(C)c(C)cc1CC(O)C(=O)O. The number of hydrogen-bond donors (Lipinski definition) is 2. The number of carboxylic acid groups (broad SMARTS) is 1. The summed E-state index contributed by atoms with van der Waals surface area (Å²) in [5.74, 6) is -0.608. The third kappa shape index (κ3) is 2.73. The van der Waals surface area contributed by atoms with Gasteiger partial charge in [0.1, 0.15) is 5.75 Å². The van der Waals surface area contributed by atoms with Crippen LogP contribution in [0.1, 0.15) is 16.7 Å². The number of aliphatic carboxylic acids is 1. The molecule has 0 saturated carbocycles. The number of methoxy groups -OCH3 is 1. The second-order valence-corrected chi connectivity index (χ2v) is 3.81. The van der Waals surface area contributed by atoms with Gasteiger partial charge in [0, 0.05) is 6.42 Å². The predicted molar refractivity (Wildman–Crippen MR) is 59.8 cm³/mol. The van der Waals surface area contributed by atoms with Gasteiger partial charge in [-0.2, -0.15) is 0 Å². The summed E-state index contributed by atoms with van der Waals surface area (Å²) in [6, 6.07) is 3.69. The fourth-order valence-electron chi connectivity index (χ4n) is 1.49. The number of aliphatic hydroxyl groups is 1. The molecule has 88 valence electrons. The average molecular weight is 224 g/mol. The van der Waals surface area contributed by atoms with E-state index >= 15 is 0 Å². The van der Waals surface area contributed by atoms with Crippen LogP contribution in [0.25, 0.3) is 0 Å². The molecule has 0 fully saturated rings. The molecule has 1 rings (SSSR count). The molecule has 0 spiro atoms. The Kier molecular flexibility index (Phi) is 3.90. The number of carbonyl (C=O) groups is 1. The van der Waals surface area contributed by atoms with E-state index in [2.05, 4.69) is 0 Å². The highest BCUT2D eigenvalue weighted by Gasteiger charge is 2.17. The Labute approximate surface area is 94.5 Å². The highest BCUT2D eigenvalue weighted by atomic mass is 16.5. The van der Waals surface area contributed by atoms with Gasteiger partial charge in [-0.1, -0.05) is 6.07 Å². The molecule has 0 radical (unpaired) electrons. The van der Waals surface area contributed by atoms with Crippen molar-refractivity contribution < 1.29 is 19.7 Å². The van der Waals surface area contributed by atoms with Crippen LogP contribution in [0.5, 0.6) is 5.75 Å². The lowest BCUT2D eigenvalue weighted by Crippen LogP contribution is -2.22. The van der Waals surface area contributed by atoms with Gasteiger partial charge in [-0.05, 0) is 36.6 Å². The number of aryl methyl sites for hydroxylation is 2. The summed E-state index contributed by atoms with van der Waals surface area (Å²) in [7, 11) is 1.53. The third-order valence-electron chi connectivity index (χ3n) is 2.60. The van der Waals surface area contributed by atoms with E-state index in [-0.39, 0.29) is 6.42 Å². The molecule has 1 atom stereocenters. The van der Waals surface area contributed by atoms with E-state index in [1.807, 2.05) is 26.0 Å². The molecule has 0 aliphatic carbocycles. The summed E-state index contributed by atoms with van der Waals surface area (Å²) in [6.07, 6.45) is -1.34. The number of hydrogen-bond acceptors (Lipinski definition) is 3. The van der Waals surface area contributed by atoms with Crippen LogP contribution in [0.2, 0.25) is 0 Å². The average Bonchev–Trinajstić information content (AvgIpc) is 2.22. The zero-order valence-corrected chi connectivity index (χ0v) is 9.65. The van der Waals surface area contributed by atoms with Crippen molar-refractivity contribution in [3.8, 4) is 5.75 Å². The number of aliphatic hydroxyl groups excluding tert-OH is 1. The Morgan fingerprint density at radius 1 is 1.38 bits per heavy atom. The molecule has 1 unspecified atom stereocenters. The fraction of sp³-hybridized carbons (Fsp3) is 0.417. The van der Waals surface area contributed by atoms with E-state index in [4.69, 9.17) is 9.84 Å². The molecular weight excluding hydrogens is 208 g/mol. The normalized spacial score (nSPS) is 12.2. The first-order valence-corrected chi connectivity index (χ1v) is 5.00. The highest BCUT2D eigenvalue weighted by molar-refractivity contribution is 5.72. The molecule has 0 heterocycles. The van der Waals surface area contributed by atoms with Crippen LogP contribution in [0.15, 0.2) is 12.1 Å². The molecule has 0 aromatic heterocycles. The Bertz CT molecular complexity index is 398. The highest BCUT2D eigenvalue weighted by Crippen LogP contribution is 2.24. The summed E-state index contributed by atoms with van der Waals surface area (Å²) in [5, 5.41) is 17.9. The zero-order chi connectivity index (χ0) is 12.3. The van der Waals surface area contributed by atoms with Crippen LogP contribution in [-0.2, 0) is 11.2 Å². The van der Waals surface area contributed by atoms with Gasteiger partial charge in [-0.3, -0.25) is 0 Å². The van der Waals surface area contributed by atoms with Crippen LogP contribution < -0.4 is 4.74 Å². The predicted octanol–water partition coefficient (Wildman–Crippen LogP) is 1.30. The van der Waals surface area contributed by atoms with E-state index in [9.17, 15) is 9.90 Å². The molecule has 0 aliphatic heterocycles. The summed E-state index contributed by atoms with van der Waals surface area (Å²) < 4.78 is 5.16. The Morgan fingerprint density at radius 2 is 1.94 bits per heavy atom. The van der Waals surface area contributed by atoms with Crippen LogP contribution >= 0.6 is 0 Å². The quantitative estimate of drug-likeness (QED) is 0.809. The minimum absolute atomic E-state index is 0.0552. The fourth-order valence-corrected chi connectivity index (χ4v) is 1.49. The van der Waals surface area contributed by atoms with Gasteiger partial charge < -0.3 is 14.9 Å². The summed E-state index contributed by atoms with van der Waals surface area (Å²) >= 11 is 0. The van der Waals surface area contributed by atoms with E-state index in [1.165, 1.54) is 7.11 Å². The molecule has 0 aliphatic rings. The molecule has 4 nitrogen and oxygen atoms in total. The first-order chi connectivity index (χ1) is 7.45. The maximum absolute atomic E-state index is 10.6. The minimum Gasteiger partial charge on any atom is -0.496 e. The second-order valence-electron chi connectivity index (χ2n) is 3.81.